The third-order valence-electron chi connectivity index (χ3n) is 5.62. The number of ether oxygens (including phenoxy) is 1. The molecule has 174 valence electrons. The number of hydrogen-bond donors (Lipinski definition) is 2. The lowest BCUT2D eigenvalue weighted by atomic mass is 10.0. The molecule has 0 unspecified atom stereocenters. The molecule has 1 fully saturated rings. The van der Waals surface area contributed by atoms with E-state index in [1.54, 1.807) is 30.0 Å². The van der Waals surface area contributed by atoms with Crippen molar-refractivity contribution in [3.8, 4) is 5.75 Å². The first kappa shape index (κ1) is 22.7. The van der Waals surface area contributed by atoms with Crippen molar-refractivity contribution in [1.29, 1.82) is 0 Å². The van der Waals surface area contributed by atoms with Crippen LogP contribution in [0.4, 0.5) is 11.4 Å². The van der Waals surface area contributed by atoms with Gasteiger partial charge in [-0.05, 0) is 42.8 Å². The maximum Gasteiger partial charge on any atom is 0.262 e. The van der Waals surface area contributed by atoms with Crippen molar-refractivity contribution in [2.45, 2.75) is 18.7 Å². The quantitative estimate of drug-likeness (QED) is 0.694. The smallest absolute Gasteiger partial charge is 0.262 e. The molecular weight excluding hydrogens is 448 g/mol. The number of benzene rings is 2. The zero-order chi connectivity index (χ0) is 23.8. The molecule has 0 aliphatic carbocycles. The van der Waals surface area contributed by atoms with Gasteiger partial charge in [0.15, 0.2) is 6.61 Å². The molecule has 0 radical (unpaired) electrons. The molecule has 1 saturated heterocycles. The number of amides is 3. The zero-order valence-corrected chi connectivity index (χ0v) is 19.1. The first-order chi connectivity index (χ1) is 15.7. The highest BCUT2D eigenvalue weighted by atomic mass is 32.2. The Morgan fingerprint density at radius 3 is 2.52 bits per heavy atom. The van der Waals surface area contributed by atoms with Crippen LogP contribution in [0.5, 0.6) is 5.75 Å². The van der Waals surface area contributed by atoms with Crippen molar-refractivity contribution < 1.29 is 27.5 Å². The average Bonchev–Trinajstić information content (AvgIpc) is 2.79. The molecule has 3 amide bonds. The molecule has 0 aromatic heterocycles. The molecule has 2 aliphatic rings. The average molecular weight is 473 g/mol. The summed E-state index contributed by atoms with van der Waals surface area (Å²) in [6.07, 6.45) is 0. The van der Waals surface area contributed by atoms with Crippen LogP contribution in [-0.4, -0.2) is 68.1 Å². The number of piperazine rings is 1. The second kappa shape index (κ2) is 8.83. The largest absolute Gasteiger partial charge is 0.482 e. The summed E-state index contributed by atoms with van der Waals surface area (Å²) in [5, 5.41) is 5.32. The van der Waals surface area contributed by atoms with Crippen LogP contribution in [0.1, 0.15) is 22.8 Å². The SMILES string of the molecule is CC(=O)Nc1cccc(C(=O)N2CCN(S(=O)(=O)c3ccc4c(c3)NC(=O)CO4)CC2)c1C. The molecule has 2 aromatic rings. The van der Waals surface area contributed by atoms with Crippen molar-refractivity contribution in [3.63, 3.8) is 0 Å². The van der Waals surface area contributed by atoms with Crippen LogP contribution in [0.25, 0.3) is 0 Å². The molecule has 0 saturated carbocycles. The van der Waals surface area contributed by atoms with Gasteiger partial charge >= 0.3 is 0 Å². The lowest BCUT2D eigenvalue weighted by Gasteiger charge is -2.34. The van der Waals surface area contributed by atoms with E-state index in [1.165, 1.54) is 29.4 Å². The summed E-state index contributed by atoms with van der Waals surface area (Å²) in [5.74, 6) is -0.372. The highest BCUT2D eigenvalue weighted by Gasteiger charge is 2.32. The Kier molecular flexibility index (Phi) is 6.09. The fourth-order valence-electron chi connectivity index (χ4n) is 3.87. The maximum absolute atomic E-state index is 13.1. The van der Waals surface area contributed by atoms with Gasteiger partial charge in [0, 0.05) is 44.4 Å². The minimum absolute atomic E-state index is 0.0469. The lowest BCUT2D eigenvalue weighted by molar-refractivity contribution is -0.118. The van der Waals surface area contributed by atoms with Gasteiger partial charge in [-0.2, -0.15) is 4.31 Å². The number of anilines is 2. The van der Waals surface area contributed by atoms with Crippen LogP contribution in [0.15, 0.2) is 41.3 Å². The van der Waals surface area contributed by atoms with Crippen LogP contribution < -0.4 is 15.4 Å². The number of nitrogens with one attached hydrogen (secondary N) is 2. The Balaban J connectivity index is 1.47. The second-order valence-corrected chi connectivity index (χ2v) is 9.79. The van der Waals surface area contributed by atoms with Crippen molar-refractivity contribution in [3.05, 3.63) is 47.5 Å². The van der Waals surface area contributed by atoms with Crippen molar-refractivity contribution in [2.24, 2.45) is 0 Å². The predicted molar refractivity (Wildman–Crippen MR) is 121 cm³/mol. The summed E-state index contributed by atoms with van der Waals surface area (Å²) in [7, 11) is -3.81. The zero-order valence-electron chi connectivity index (χ0n) is 18.3. The second-order valence-electron chi connectivity index (χ2n) is 7.85. The van der Waals surface area contributed by atoms with E-state index in [-0.39, 0.29) is 55.4 Å². The third-order valence-corrected chi connectivity index (χ3v) is 7.52. The van der Waals surface area contributed by atoms with Gasteiger partial charge < -0.3 is 20.3 Å². The maximum atomic E-state index is 13.1. The molecule has 2 heterocycles. The Bertz CT molecular complexity index is 1240. The number of carbonyl (C=O) groups excluding carboxylic acids is 3. The summed E-state index contributed by atoms with van der Waals surface area (Å²) in [4.78, 5) is 37.7. The van der Waals surface area contributed by atoms with E-state index in [2.05, 4.69) is 10.6 Å². The van der Waals surface area contributed by atoms with Crippen molar-refractivity contribution in [2.75, 3.05) is 43.4 Å². The van der Waals surface area contributed by atoms with Gasteiger partial charge in [-0.15, -0.1) is 0 Å². The number of hydrogen-bond acceptors (Lipinski definition) is 6. The molecule has 10 nitrogen and oxygen atoms in total. The Hall–Kier alpha value is -3.44. The molecule has 4 rings (SSSR count). The van der Waals surface area contributed by atoms with Gasteiger partial charge in [0.25, 0.3) is 11.8 Å². The van der Waals surface area contributed by atoms with E-state index in [1.807, 2.05) is 0 Å². The van der Waals surface area contributed by atoms with Gasteiger partial charge in [-0.3, -0.25) is 14.4 Å². The number of fused-ring (bicyclic) bond motifs is 1. The van der Waals surface area contributed by atoms with Gasteiger partial charge in [0.05, 0.1) is 10.6 Å². The molecule has 2 aliphatic heterocycles. The fraction of sp³-hybridized carbons (Fsp3) is 0.318. The highest BCUT2D eigenvalue weighted by Crippen LogP contribution is 2.31. The number of rotatable bonds is 4. The molecule has 33 heavy (non-hydrogen) atoms. The van der Waals surface area contributed by atoms with Gasteiger partial charge in [0.1, 0.15) is 5.75 Å². The van der Waals surface area contributed by atoms with E-state index >= 15 is 0 Å². The monoisotopic (exact) mass is 472 g/mol. The summed E-state index contributed by atoms with van der Waals surface area (Å²) in [5.41, 5.74) is 2.00. The normalized spacial score (nSPS) is 16.4. The van der Waals surface area contributed by atoms with Gasteiger partial charge in [-0.1, -0.05) is 6.07 Å². The van der Waals surface area contributed by atoms with Crippen LogP contribution >= 0.6 is 0 Å². The van der Waals surface area contributed by atoms with E-state index < -0.39 is 10.0 Å². The molecule has 2 aromatic carbocycles. The first-order valence-corrected chi connectivity index (χ1v) is 11.8. The van der Waals surface area contributed by atoms with E-state index in [4.69, 9.17) is 4.74 Å². The van der Waals surface area contributed by atoms with E-state index in [0.29, 0.717) is 28.3 Å². The van der Waals surface area contributed by atoms with Crippen LogP contribution in [0.2, 0.25) is 0 Å². The minimum Gasteiger partial charge on any atom is -0.482 e. The van der Waals surface area contributed by atoms with Gasteiger partial charge in [0.2, 0.25) is 15.9 Å². The number of carbonyl (C=O) groups is 3. The van der Waals surface area contributed by atoms with Crippen LogP contribution in [0.3, 0.4) is 0 Å². The van der Waals surface area contributed by atoms with Crippen molar-refractivity contribution >= 4 is 39.1 Å². The molecule has 0 bridgehead atoms. The number of sulfonamides is 1. The molecule has 0 spiro atoms. The molecular formula is C22H24N4O6S. The van der Waals surface area contributed by atoms with Gasteiger partial charge in [-0.25, -0.2) is 8.42 Å². The minimum atomic E-state index is -3.81. The molecule has 11 heteroatoms. The Labute approximate surface area is 191 Å². The standard InChI is InChI=1S/C22H24N4O6S/c1-14-17(4-3-5-18(14)23-15(2)27)22(29)25-8-10-26(11-9-25)33(30,31)16-6-7-20-19(12-16)24-21(28)13-32-20/h3-7,12H,8-11,13H2,1-2H3,(H,23,27)(H,24,28). The summed E-state index contributed by atoms with van der Waals surface area (Å²) >= 11 is 0. The summed E-state index contributed by atoms with van der Waals surface area (Å²) in [6, 6.07) is 9.47. The van der Waals surface area contributed by atoms with E-state index in [0.717, 1.165) is 0 Å². The molecule has 2 N–H and O–H groups in total. The lowest BCUT2D eigenvalue weighted by Crippen LogP contribution is -2.50. The van der Waals surface area contributed by atoms with Crippen LogP contribution in [-0.2, 0) is 19.6 Å². The van der Waals surface area contributed by atoms with Crippen molar-refractivity contribution in [1.82, 2.24) is 9.21 Å². The fourth-order valence-corrected chi connectivity index (χ4v) is 5.31. The Morgan fingerprint density at radius 1 is 1.09 bits per heavy atom. The Morgan fingerprint density at radius 2 is 1.82 bits per heavy atom. The van der Waals surface area contributed by atoms with E-state index in [9.17, 15) is 22.8 Å². The first-order valence-electron chi connectivity index (χ1n) is 10.4. The summed E-state index contributed by atoms with van der Waals surface area (Å²) < 4.78 is 32.9. The number of nitrogens with zero attached hydrogens (tertiary/aromatic N) is 2. The summed E-state index contributed by atoms with van der Waals surface area (Å²) in [6.45, 7) is 3.79. The topological polar surface area (TPSA) is 125 Å². The van der Waals surface area contributed by atoms with Crippen LogP contribution in [0, 0.1) is 6.92 Å². The third kappa shape index (κ3) is 4.55. The molecule has 0 atom stereocenters. The highest BCUT2D eigenvalue weighted by molar-refractivity contribution is 7.89. The predicted octanol–water partition coefficient (Wildman–Crippen LogP) is 1.43.